The Hall–Kier alpha value is -2.18. The molecule has 0 amide bonds. The van der Waals surface area contributed by atoms with Gasteiger partial charge in [0.05, 0.1) is 0 Å². The second kappa shape index (κ2) is 12.9. The van der Waals surface area contributed by atoms with E-state index in [2.05, 4.69) is 0 Å². The van der Waals surface area contributed by atoms with E-state index in [9.17, 15) is 19.2 Å². The second-order valence-corrected chi connectivity index (χ2v) is 2.27. The number of aliphatic carboxylic acids is 4. The summed E-state index contributed by atoms with van der Waals surface area (Å²) in [5.74, 6) is -5.25. The quantitative estimate of drug-likeness (QED) is 0.202. The van der Waals surface area contributed by atoms with E-state index >= 15 is 0 Å². The Labute approximate surface area is 99.7 Å². The van der Waals surface area contributed by atoms with E-state index in [0.717, 1.165) is 0 Å². The topological polar surface area (TPSA) is 210 Å². The van der Waals surface area contributed by atoms with Crippen molar-refractivity contribution in [3.8, 4) is 0 Å². The zero-order valence-corrected chi connectivity index (χ0v) is 8.76. The predicted octanol–water partition coefficient (Wildman–Crippen LogP) is -2.96. The van der Waals surface area contributed by atoms with Crippen molar-refractivity contribution >= 4 is 31.2 Å². The van der Waals surface area contributed by atoms with Crippen molar-refractivity contribution in [3.63, 3.8) is 0 Å². The van der Waals surface area contributed by atoms with Gasteiger partial charge in [-0.3, -0.25) is 19.2 Å². The third-order valence-electron chi connectivity index (χ3n) is 0.605. The average molecular weight is 270 g/mol. The standard InChI is InChI=1S/2C3H4O4.BH3O3/c2*4-2(5)1-3(6)7;2-1(3)4/h2*1H2,(H,4,5)(H,6,7);2-4H. The van der Waals surface area contributed by atoms with Crippen molar-refractivity contribution in [1.82, 2.24) is 0 Å². The fraction of sp³-hybridized carbons (Fsp3) is 0.333. The van der Waals surface area contributed by atoms with Gasteiger partial charge in [-0.1, -0.05) is 0 Å². The van der Waals surface area contributed by atoms with Crippen molar-refractivity contribution in [2.24, 2.45) is 0 Å². The lowest BCUT2D eigenvalue weighted by molar-refractivity contribution is -0.149. The summed E-state index contributed by atoms with van der Waals surface area (Å²) in [4.78, 5) is 37.7. The van der Waals surface area contributed by atoms with Gasteiger partial charge in [0.1, 0.15) is 12.8 Å². The third kappa shape index (κ3) is 67.0. The lowest BCUT2D eigenvalue weighted by atomic mass is 10.3. The molecule has 0 aliphatic carbocycles. The molecule has 0 fully saturated rings. The number of carboxylic acid groups (broad SMARTS) is 4. The molecule has 0 aliphatic heterocycles. The smallest absolute Gasteiger partial charge is 0.481 e. The molecular formula is C6H11BO11. The van der Waals surface area contributed by atoms with E-state index in [4.69, 9.17) is 35.5 Å². The van der Waals surface area contributed by atoms with Crippen LogP contribution in [0.1, 0.15) is 12.8 Å². The van der Waals surface area contributed by atoms with E-state index in [1.807, 2.05) is 0 Å². The van der Waals surface area contributed by atoms with Gasteiger partial charge in [-0.2, -0.15) is 0 Å². The van der Waals surface area contributed by atoms with Gasteiger partial charge in [0.2, 0.25) is 0 Å². The molecule has 0 aromatic carbocycles. The van der Waals surface area contributed by atoms with Crippen molar-refractivity contribution in [2.75, 3.05) is 0 Å². The molecule has 0 unspecified atom stereocenters. The summed E-state index contributed by atoms with van der Waals surface area (Å²) in [5.41, 5.74) is 0. The highest BCUT2D eigenvalue weighted by Gasteiger charge is 2.02. The summed E-state index contributed by atoms with van der Waals surface area (Å²) in [5, 5.41) is 52.3. The first kappa shape index (κ1) is 21.1. The molecule has 0 rings (SSSR count). The highest BCUT2D eigenvalue weighted by Crippen LogP contribution is 1.74. The molecule has 0 radical (unpaired) electrons. The van der Waals surface area contributed by atoms with Crippen molar-refractivity contribution < 1.29 is 54.7 Å². The van der Waals surface area contributed by atoms with Crippen LogP contribution in [0.5, 0.6) is 0 Å². The van der Waals surface area contributed by atoms with Crippen LogP contribution in [0.15, 0.2) is 0 Å². The molecule has 11 nitrogen and oxygen atoms in total. The number of carbonyl (C=O) groups is 4. The lowest BCUT2D eigenvalue weighted by Gasteiger charge is -1.80. The molecule has 104 valence electrons. The monoisotopic (exact) mass is 270 g/mol. The maximum Gasteiger partial charge on any atom is 0.631 e. The van der Waals surface area contributed by atoms with Gasteiger partial charge in [-0.25, -0.2) is 0 Å². The Kier molecular flexibility index (Phi) is 15.1. The number of rotatable bonds is 4. The largest absolute Gasteiger partial charge is 0.631 e. The molecule has 0 saturated heterocycles. The van der Waals surface area contributed by atoms with Gasteiger partial charge in [0.25, 0.3) is 0 Å². The fourth-order valence-electron chi connectivity index (χ4n) is 0.259. The molecule has 0 bridgehead atoms. The molecule has 0 aromatic heterocycles. The predicted molar refractivity (Wildman–Crippen MR) is 52.2 cm³/mol. The molecule has 0 heterocycles. The Balaban J connectivity index is -0.000000196. The molecule has 12 heteroatoms. The van der Waals surface area contributed by atoms with E-state index in [0.29, 0.717) is 0 Å². The van der Waals surface area contributed by atoms with Gasteiger partial charge < -0.3 is 35.5 Å². The van der Waals surface area contributed by atoms with Gasteiger partial charge in [-0.05, 0) is 0 Å². The van der Waals surface area contributed by atoms with Crippen LogP contribution in [0.25, 0.3) is 0 Å². The molecular weight excluding hydrogens is 259 g/mol. The van der Waals surface area contributed by atoms with Crippen LogP contribution in [0.2, 0.25) is 0 Å². The second-order valence-electron chi connectivity index (χ2n) is 2.27. The molecule has 0 atom stereocenters. The zero-order valence-electron chi connectivity index (χ0n) is 8.76. The Morgan fingerprint density at radius 1 is 0.611 bits per heavy atom. The molecule has 0 spiro atoms. The molecule has 7 N–H and O–H groups in total. The number of hydrogen-bond acceptors (Lipinski definition) is 7. The first-order valence-electron chi connectivity index (χ1n) is 3.90. The van der Waals surface area contributed by atoms with Crippen molar-refractivity contribution in [2.45, 2.75) is 12.8 Å². The third-order valence-corrected chi connectivity index (χ3v) is 0.605. The van der Waals surface area contributed by atoms with Crippen LogP contribution >= 0.6 is 0 Å². The van der Waals surface area contributed by atoms with Crippen LogP contribution in [-0.2, 0) is 19.2 Å². The Morgan fingerprint density at radius 2 is 0.722 bits per heavy atom. The lowest BCUT2D eigenvalue weighted by Crippen LogP contribution is -2.07. The summed E-state index contributed by atoms with van der Waals surface area (Å²) < 4.78 is 0. The van der Waals surface area contributed by atoms with Crippen LogP contribution in [0.3, 0.4) is 0 Å². The van der Waals surface area contributed by atoms with E-state index < -0.39 is 44.0 Å². The summed E-state index contributed by atoms with van der Waals surface area (Å²) >= 11 is 0. The summed E-state index contributed by atoms with van der Waals surface area (Å²) in [6, 6.07) is 0. The van der Waals surface area contributed by atoms with Gasteiger partial charge >= 0.3 is 31.2 Å². The minimum absolute atomic E-state index is 0.806. The minimum Gasteiger partial charge on any atom is -0.481 e. The molecule has 18 heavy (non-hydrogen) atoms. The Bertz CT molecular complexity index is 233. The van der Waals surface area contributed by atoms with Crippen molar-refractivity contribution in [1.29, 1.82) is 0 Å². The van der Waals surface area contributed by atoms with Crippen molar-refractivity contribution in [3.05, 3.63) is 0 Å². The normalized spacial score (nSPS) is 7.72. The first-order valence-corrected chi connectivity index (χ1v) is 3.90. The number of carboxylic acids is 4. The average Bonchev–Trinajstić information content (AvgIpc) is 1.96. The van der Waals surface area contributed by atoms with Crippen LogP contribution in [-0.4, -0.2) is 66.7 Å². The molecule has 0 aromatic rings. The van der Waals surface area contributed by atoms with E-state index in [1.54, 1.807) is 0 Å². The first-order chi connectivity index (χ1) is 7.98. The van der Waals surface area contributed by atoms with Gasteiger partial charge in [-0.15, -0.1) is 0 Å². The maximum absolute atomic E-state index is 9.43. The summed E-state index contributed by atoms with van der Waals surface area (Å²) in [7, 11) is -2.17. The SMILES string of the molecule is O=C(O)CC(=O)O.O=C(O)CC(=O)O.OB(O)O. The summed E-state index contributed by atoms with van der Waals surface area (Å²) in [6.07, 6.45) is -1.61. The van der Waals surface area contributed by atoms with Gasteiger partial charge in [0.15, 0.2) is 0 Å². The highest BCUT2D eigenvalue weighted by atomic mass is 16.5. The fourth-order valence-corrected chi connectivity index (χ4v) is 0.259. The van der Waals surface area contributed by atoms with E-state index in [1.165, 1.54) is 0 Å². The molecule has 0 saturated carbocycles. The van der Waals surface area contributed by atoms with Crippen LogP contribution < -0.4 is 0 Å². The maximum atomic E-state index is 9.43. The highest BCUT2D eigenvalue weighted by molar-refractivity contribution is 6.30. The summed E-state index contributed by atoms with van der Waals surface area (Å²) in [6.45, 7) is 0. The number of hydrogen-bond donors (Lipinski definition) is 7. The van der Waals surface area contributed by atoms with Crippen LogP contribution in [0, 0.1) is 0 Å². The Morgan fingerprint density at radius 3 is 0.722 bits per heavy atom. The van der Waals surface area contributed by atoms with Crippen LogP contribution in [0.4, 0.5) is 0 Å². The molecule has 0 aliphatic rings. The zero-order chi connectivity index (χ0) is 15.3. The minimum atomic E-state index is -2.17. The van der Waals surface area contributed by atoms with Gasteiger partial charge in [0, 0.05) is 0 Å². The van der Waals surface area contributed by atoms with E-state index in [-0.39, 0.29) is 0 Å².